The maximum absolute atomic E-state index is 5.02. The minimum absolute atomic E-state index is 0.709. The number of benzene rings is 3. The van der Waals surface area contributed by atoms with Gasteiger partial charge in [-0.2, -0.15) is 0 Å². The predicted molar refractivity (Wildman–Crippen MR) is 159 cm³/mol. The van der Waals surface area contributed by atoms with Crippen LogP contribution in [0.3, 0.4) is 0 Å². The standard InChI is InChI=1S/C34H27N5/c1-3-26-18-16-24-17-19-29-30(21-27(4-2)36-32(29)31(24)35-26)23-12-14-25(15-13-23)33-37-34-28(11-8-20-39(34)38-33)22-9-6-5-7-10-22/h5-21H,3-4H2,1-2H3. The molecular weight excluding hydrogens is 478 g/mol. The Morgan fingerprint density at radius 2 is 1.31 bits per heavy atom. The van der Waals surface area contributed by atoms with Crippen LogP contribution in [0.2, 0.25) is 0 Å². The first-order valence-electron chi connectivity index (χ1n) is 13.5. The van der Waals surface area contributed by atoms with Crippen molar-refractivity contribution in [3.63, 3.8) is 0 Å². The first-order chi connectivity index (χ1) is 19.2. The van der Waals surface area contributed by atoms with Crippen molar-refractivity contribution < 1.29 is 0 Å². The van der Waals surface area contributed by atoms with E-state index in [2.05, 4.69) is 86.6 Å². The van der Waals surface area contributed by atoms with E-state index in [1.54, 1.807) is 0 Å². The molecule has 0 unspecified atom stereocenters. The molecule has 7 rings (SSSR count). The Kier molecular flexibility index (Phi) is 5.63. The molecule has 0 spiro atoms. The van der Waals surface area contributed by atoms with Crippen LogP contribution in [0.25, 0.3) is 61.1 Å². The summed E-state index contributed by atoms with van der Waals surface area (Å²) in [4.78, 5) is 14.9. The van der Waals surface area contributed by atoms with E-state index in [4.69, 9.17) is 20.1 Å². The maximum atomic E-state index is 5.02. The van der Waals surface area contributed by atoms with Crippen LogP contribution < -0.4 is 0 Å². The molecule has 0 bridgehead atoms. The van der Waals surface area contributed by atoms with E-state index in [0.717, 1.165) is 73.9 Å². The van der Waals surface area contributed by atoms with Gasteiger partial charge in [0, 0.05) is 39.5 Å². The fraction of sp³-hybridized carbons (Fsp3) is 0.118. The molecule has 5 heteroatoms. The number of aryl methyl sites for hydroxylation is 2. The third-order valence-corrected chi connectivity index (χ3v) is 7.38. The first-order valence-corrected chi connectivity index (χ1v) is 13.5. The van der Waals surface area contributed by atoms with Gasteiger partial charge >= 0.3 is 0 Å². The van der Waals surface area contributed by atoms with Crippen molar-refractivity contribution in [2.24, 2.45) is 0 Å². The van der Waals surface area contributed by atoms with E-state index in [0.29, 0.717) is 5.82 Å². The molecule has 7 aromatic rings. The highest BCUT2D eigenvalue weighted by Crippen LogP contribution is 2.34. The Bertz CT molecular complexity index is 1970. The van der Waals surface area contributed by atoms with Crippen molar-refractivity contribution in [1.29, 1.82) is 0 Å². The fourth-order valence-corrected chi connectivity index (χ4v) is 5.25. The van der Waals surface area contributed by atoms with Gasteiger partial charge in [0.25, 0.3) is 0 Å². The van der Waals surface area contributed by atoms with Crippen molar-refractivity contribution in [3.8, 4) is 33.6 Å². The van der Waals surface area contributed by atoms with Gasteiger partial charge in [0.15, 0.2) is 11.5 Å². The van der Waals surface area contributed by atoms with Crippen LogP contribution >= 0.6 is 0 Å². The molecule has 3 aromatic carbocycles. The van der Waals surface area contributed by atoms with Crippen molar-refractivity contribution >= 4 is 27.5 Å². The minimum atomic E-state index is 0.709. The molecule has 5 nitrogen and oxygen atoms in total. The lowest BCUT2D eigenvalue weighted by molar-refractivity contribution is 0.967. The average molecular weight is 506 g/mol. The summed E-state index contributed by atoms with van der Waals surface area (Å²) in [6.45, 7) is 4.29. The van der Waals surface area contributed by atoms with Crippen LogP contribution in [-0.4, -0.2) is 24.6 Å². The van der Waals surface area contributed by atoms with Crippen LogP contribution in [0.4, 0.5) is 0 Å². The second kappa shape index (κ2) is 9.44. The largest absolute Gasteiger partial charge is 0.251 e. The van der Waals surface area contributed by atoms with Gasteiger partial charge in [-0.25, -0.2) is 9.50 Å². The SMILES string of the molecule is CCc1ccc2ccc3c(-c4ccc(-c5nc6c(-c7ccccc7)cccn6n5)cc4)cc(CC)nc3c2n1. The highest BCUT2D eigenvalue weighted by molar-refractivity contribution is 6.08. The summed E-state index contributed by atoms with van der Waals surface area (Å²) in [6.07, 6.45) is 3.71. The Hall–Kier alpha value is -4.90. The van der Waals surface area contributed by atoms with Gasteiger partial charge < -0.3 is 0 Å². The van der Waals surface area contributed by atoms with Gasteiger partial charge in [0.05, 0.1) is 11.0 Å². The fourth-order valence-electron chi connectivity index (χ4n) is 5.25. The minimum Gasteiger partial charge on any atom is -0.251 e. The number of hydrogen-bond acceptors (Lipinski definition) is 4. The molecule has 0 aliphatic heterocycles. The Morgan fingerprint density at radius 3 is 2.10 bits per heavy atom. The molecule has 0 N–H and O–H groups in total. The normalized spacial score (nSPS) is 11.5. The van der Waals surface area contributed by atoms with Crippen molar-refractivity contribution in [2.45, 2.75) is 26.7 Å². The summed E-state index contributed by atoms with van der Waals surface area (Å²) in [5.41, 5.74) is 10.4. The van der Waals surface area contributed by atoms with Gasteiger partial charge in [-0.05, 0) is 53.8 Å². The molecule has 0 amide bonds. The quantitative estimate of drug-likeness (QED) is 0.223. The number of fused-ring (bicyclic) bond motifs is 4. The lowest BCUT2D eigenvalue weighted by Gasteiger charge is -2.12. The third-order valence-electron chi connectivity index (χ3n) is 7.38. The number of pyridine rings is 3. The molecule has 0 aliphatic carbocycles. The summed E-state index contributed by atoms with van der Waals surface area (Å²) in [6, 6.07) is 33.8. The van der Waals surface area contributed by atoms with E-state index < -0.39 is 0 Å². The summed E-state index contributed by atoms with van der Waals surface area (Å²) < 4.78 is 1.86. The highest BCUT2D eigenvalue weighted by Gasteiger charge is 2.14. The Balaban J connectivity index is 1.33. The van der Waals surface area contributed by atoms with E-state index >= 15 is 0 Å². The van der Waals surface area contributed by atoms with Crippen LogP contribution in [-0.2, 0) is 12.8 Å². The molecule has 0 atom stereocenters. The lowest BCUT2D eigenvalue weighted by Crippen LogP contribution is -1.95. The molecule has 0 aliphatic rings. The zero-order chi connectivity index (χ0) is 26.3. The molecule has 0 saturated carbocycles. The second-order valence-corrected chi connectivity index (χ2v) is 9.77. The molecule has 4 aromatic heterocycles. The number of rotatable bonds is 5. The lowest BCUT2D eigenvalue weighted by atomic mass is 9.97. The molecule has 188 valence electrons. The molecule has 0 radical (unpaired) electrons. The molecule has 0 saturated heterocycles. The van der Waals surface area contributed by atoms with Gasteiger partial charge in [-0.1, -0.05) is 86.6 Å². The summed E-state index contributed by atoms with van der Waals surface area (Å²) in [7, 11) is 0. The van der Waals surface area contributed by atoms with E-state index in [-0.39, 0.29) is 0 Å². The maximum Gasteiger partial charge on any atom is 0.182 e. The Labute approximate surface area is 226 Å². The van der Waals surface area contributed by atoms with Gasteiger partial charge in [-0.3, -0.25) is 9.97 Å². The van der Waals surface area contributed by atoms with Crippen molar-refractivity contribution in [2.75, 3.05) is 0 Å². The van der Waals surface area contributed by atoms with E-state index in [9.17, 15) is 0 Å². The second-order valence-electron chi connectivity index (χ2n) is 9.77. The van der Waals surface area contributed by atoms with Crippen LogP contribution in [0.15, 0.2) is 103 Å². The Morgan fingerprint density at radius 1 is 0.590 bits per heavy atom. The van der Waals surface area contributed by atoms with Crippen LogP contribution in [0.5, 0.6) is 0 Å². The highest BCUT2D eigenvalue weighted by atomic mass is 15.3. The smallest absolute Gasteiger partial charge is 0.182 e. The number of nitrogens with zero attached hydrogens (tertiary/aromatic N) is 5. The van der Waals surface area contributed by atoms with Gasteiger partial charge in [-0.15, -0.1) is 5.10 Å². The monoisotopic (exact) mass is 505 g/mol. The van der Waals surface area contributed by atoms with Crippen molar-refractivity contribution in [1.82, 2.24) is 24.6 Å². The molecular formula is C34H27N5. The summed E-state index contributed by atoms with van der Waals surface area (Å²) in [5.74, 6) is 0.709. The first kappa shape index (κ1) is 23.2. The summed E-state index contributed by atoms with van der Waals surface area (Å²) >= 11 is 0. The van der Waals surface area contributed by atoms with Crippen molar-refractivity contribution in [3.05, 3.63) is 115 Å². The zero-order valence-corrected chi connectivity index (χ0v) is 22.0. The number of aromatic nitrogens is 5. The molecule has 4 heterocycles. The van der Waals surface area contributed by atoms with Gasteiger partial charge in [0.2, 0.25) is 0 Å². The zero-order valence-electron chi connectivity index (χ0n) is 22.0. The average Bonchev–Trinajstić information content (AvgIpc) is 3.45. The molecule has 39 heavy (non-hydrogen) atoms. The van der Waals surface area contributed by atoms with Crippen LogP contribution in [0.1, 0.15) is 25.2 Å². The number of hydrogen-bond donors (Lipinski definition) is 0. The topological polar surface area (TPSA) is 56.0 Å². The molecule has 0 fully saturated rings. The third kappa shape index (κ3) is 4.03. The summed E-state index contributed by atoms with van der Waals surface area (Å²) in [5, 5.41) is 7.02. The van der Waals surface area contributed by atoms with E-state index in [1.807, 2.05) is 35.0 Å². The van der Waals surface area contributed by atoms with Crippen LogP contribution in [0, 0.1) is 0 Å². The van der Waals surface area contributed by atoms with Gasteiger partial charge in [0.1, 0.15) is 0 Å². The predicted octanol–water partition coefficient (Wildman–Crippen LogP) is 7.95. The van der Waals surface area contributed by atoms with E-state index in [1.165, 1.54) is 5.56 Å².